The van der Waals surface area contributed by atoms with Gasteiger partial charge in [0.25, 0.3) is 5.91 Å². The SMILES string of the molecule is CCCNc1nccc(C(=O)N(C)C(C)CO)c1F. The van der Waals surface area contributed by atoms with Crippen LogP contribution in [0.5, 0.6) is 0 Å². The van der Waals surface area contributed by atoms with Crippen LogP contribution in [0, 0.1) is 5.82 Å². The molecule has 106 valence electrons. The highest BCUT2D eigenvalue weighted by Crippen LogP contribution is 2.17. The van der Waals surface area contributed by atoms with Crippen LogP contribution in [-0.4, -0.2) is 47.1 Å². The number of aromatic nitrogens is 1. The average Bonchev–Trinajstić information content (AvgIpc) is 2.43. The predicted molar refractivity (Wildman–Crippen MR) is 71.6 cm³/mol. The van der Waals surface area contributed by atoms with E-state index in [1.165, 1.54) is 24.2 Å². The summed E-state index contributed by atoms with van der Waals surface area (Å²) in [6.07, 6.45) is 2.23. The predicted octanol–water partition coefficient (Wildman–Crippen LogP) is 1.50. The smallest absolute Gasteiger partial charge is 0.257 e. The number of aliphatic hydroxyl groups is 1. The maximum Gasteiger partial charge on any atom is 0.257 e. The zero-order chi connectivity index (χ0) is 14.4. The Balaban J connectivity index is 2.97. The first-order valence-corrected chi connectivity index (χ1v) is 6.29. The average molecular weight is 269 g/mol. The lowest BCUT2D eigenvalue weighted by Gasteiger charge is -2.23. The van der Waals surface area contributed by atoms with Gasteiger partial charge < -0.3 is 15.3 Å². The number of nitrogens with zero attached hydrogens (tertiary/aromatic N) is 2. The number of halogens is 1. The van der Waals surface area contributed by atoms with E-state index in [1.54, 1.807) is 6.92 Å². The molecule has 0 radical (unpaired) electrons. The maximum absolute atomic E-state index is 14.1. The summed E-state index contributed by atoms with van der Waals surface area (Å²) < 4.78 is 14.1. The third-order valence-corrected chi connectivity index (χ3v) is 2.91. The first kappa shape index (κ1) is 15.4. The molecular weight excluding hydrogens is 249 g/mol. The lowest BCUT2D eigenvalue weighted by Crippen LogP contribution is -2.37. The number of hydrogen-bond acceptors (Lipinski definition) is 4. The monoisotopic (exact) mass is 269 g/mol. The van der Waals surface area contributed by atoms with Crippen LogP contribution >= 0.6 is 0 Å². The minimum absolute atomic E-state index is 0.0450. The largest absolute Gasteiger partial charge is 0.394 e. The number of amides is 1. The second kappa shape index (κ2) is 7.04. The van der Waals surface area contributed by atoms with Crippen molar-refractivity contribution in [3.05, 3.63) is 23.6 Å². The molecule has 0 saturated carbocycles. The fraction of sp³-hybridized carbons (Fsp3) is 0.538. The first-order valence-electron chi connectivity index (χ1n) is 6.29. The quantitative estimate of drug-likeness (QED) is 0.821. The molecule has 2 N–H and O–H groups in total. The van der Waals surface area contributed by atoms with Gasteiger partial charge in [-0.3, -0.25) is 4.79 Å². The number of likely N-dealkylation sites (N-methyl/N-ethyl adjacent to an activating group) is 1. The molecule has 0 aliphatic rings. The Bertz CT molecular complexity index is 440. The maximum atomic E-state index is 14.1. The van der Waals surface area contributed by atoms with Crippen LogP contribution in [0.15, 0.2) is 12.3 Å². The highest BCUT2D eigenvalue weighted by molar-refractivity contribution is 5.95. The second-order valence-corrected chi connectivity index (χ2v) is 4.40. The Labute approximate surface area is 112 Å². The fourth-order valence-corrected chi connectivity index (χ4v) is 1.49. The van der Waals surface area contributed by atoms with Crippen molar-refractivity contribution in [3.8, 4) is 0 Å². The highest BCUT2D eigenvalue weighted by atomic mass is 19.1. The van der Waals surface area contributed by atoms with Gasteiger partial charge in [0.05, 0.1) is 18.2 Å². The zero-order valence-corrected chi connectivity index (χ0v) is 11.5. The van der Waals surface area contributed by atoms with Gasteiger partial charge >= 0.3 is 0 Å². The van der Waals surface area contributed by atoms with Crippen molar-refractivity contribution < 1.29 is 14.3 Å². The molecule has 1 rings (SSSR count). The van der Waals surface area contributed by atoms with E-state index in [4.69, 9.17) is 5.11 Å². The summed E-state index contributed by atoms with van der Waals surface area (Å²) in [4.78, 5) is 17.3. The Morgan fingerprint density at radius 3 is 2.89 bits per heavy atom. The van der Waals surface area contributed by atoms with Crippen molar-refractivity contribution >= 4 is 11.7 Å². The van der Waals surface area contributed by atoms with Gasteiger partial charge in [-0.2, -0.15) is 0 Å². The number of nitrogens with one attached hydrogen (secondary N) is 1. The van der Waals surface area contributed by atoms with Gasteiger partial charge in [0.1, 0.15) is 0 Å². The van der Waals surface area contributed by atoms with E-state index in [-0.39, 0.29) is 24.0 Å². The van der Waals surface area contributed by atoms with E-state index in [1.807, 2.05) is 6.92 Å². The number of aliphatic hydroxyl groups excluding tert-OH is 1. The number of hydrogen-bond donors (Lipinski definition) is 2. The molecule has 0 spiro atoms. The van der Waals surface area contributed by atoms with Crippen LogP contribution < -0.4 is 5.32 Å². The van der Waals surface area contributed by atoms with Crippen LogP contribution in [0.1, 0.15) is 30.6 Å². The molecule has 1 aromatic heterocycles. The standard InChI is InChI=1S/C13H20FN3O2/c1-4-6-15-12-11(14)10(5-7-16-12)13(19)17(3)9(2)8-18/h5,7,9,18H,4,6,8H2,1-3H3,(H,15,16). The van der Waals surface area contributed by atoms with Crippen LogP contribution in [0.25, 0.3) is 0 Å². The van der Waals surface area contributed by atoms with Crippen LogP contribution in [0.2, 0.25) is 0 Å². The number of carbonyl (C=O) groups is 1. The molecule has 0 bridgehead atoms. The Kier molecular flexibility index (Phi) is 5.69. The number of anilines is 1. The molecule has 0 saturated heterocycles. The van der Waals surface area contributed by atoms with Gasteiger partial charge in [-0.15, -0.1) is 0 Å². The van der Waals surface area contributed by atoms with Crippen molar-refractivity contribution in [3.63, 3.8) is 0 Å². The van der Waals surface area contributed by atoms with Crippen molar-refractivity contribution in [2.24, 2.45) is 0 Å². The molecule has 5 nitrogen and oxygen atoms in total. The molecule has 0 aromatic carbocycles. The summed E-state index contributed by atoms with van der Waals surface area (Å²) >= 11 is 0. The molecule has 0 aliphatic heterocycles. The third-order valence-electron chi connectivity index (χ3n) is 2.91. The topological polar surface area (TPSA) is 65.5 Å². The van der Waals surface area contributed by atoms with Gasteiger partial charge in [0, 0.05) is 19.8 Å². The van der Waals surface area contributed by atoms with E-state index in [0.29, 0.717) is 6.54 Å². The summed E-state index contributed by atoms with van der Waals surface area (Å²) in [5.41, 5.74) is -0.0450. The van der Waals surface area contributed by atoms with Gasteiger partial charge in [-0.25, -0.2) is 9.37 Å². The normalized spacial score (nSPS) is 12.1. The lowest BCUT2D eigenvalue weighted by molar-refractivity contribution is 0.0677. The molecule has 1 amide bonds. The first-order chi connectivity index (χ1) is 9.02. The van der Waals surface area contributed by atoms with E-state index in [0.717, 1.165) is 6.42 Å². The molecule has 1 unspecified atom stereocenters. The second-order valence-electron chi connectivity index (χ2n) is 4.40. The van der Waals surface area contributed by atoms with Crippen molar-refractivity contribution in [2.45, 2.75) is 26.3 Å². The fourth-order valence-electron chi connectivity index (χ4n) is 1.49. The number of carbonyl (C=O) groups excluding carboxylic acids is 1. The molecule has 0 aliphatic carbocycles. The summed E-state index contributed by atoms with van der Waals surface area (Å²) in [5.74, 6) is -1.04. The van der Waals surface area contributed by atoms with Crippen molar-refractivity contribution in [1.82, 2.24) is 9.88 Å². The summed E-state index contributed by atoms with van der Waals surface area (Å²) in [7, 11) is 1.53. The molecule has 6 heteroatoms. The Morgan fingerprint density at radius 1 is 1.63 bits per heavy atom. The molecule has 1 atom stereocenters. The molecule has 1 heterocycles. The summed E-state index contributed by atoms with van der Waals surface area (Å²) in [6.45, 7) is 4.06. The van der Waals surface area contributed by atoms with Crippen molar-refractivity contribution in [2.75, 3.05) is 25.5 Å². The molecule has 19 heavy (non-hydrogen) atoms. The number of rotatable bonds is 6. The van der Waals surface area contributed by atoms with Gasteiger partial charge in [-0.05, 0) is 19.4 Å². The minimum Gasteiger partial charge on any atom is -0.394 e. The Morgan fingerprint density at radius 2 is 2.32 bits per heavy atom. The van der Waals surface area contributed by atoms with Crippen molar-refractivity contribution in [1.29, 1.82) is 0 Å². The van der Waals surface area contributed by atoms with Crippen LogP contribution in [0.4, 0.5) is 10.2 Å². The van der Waals surface area contributed by atoms with E-state index < -0.39 is 11.7 Å². The lowest BCUT2D eigenvalue weighted by atomic mass is 10.2. The number of pyridine rings is 1. The molecular formula is C13H20FN3O2. The zero-order valence-electron chi connectivity index (χ0n) is 11.5. The summed E-state index contributed by atoms with van der Waals surface area (Å²) in [6, 6.07) is 0.974. The van der Waals surface area contributed by atoms with E-state index in [9.17, 15) is 9.18 Å². The van der Waals surface area contributed by atoms with Gasteiger partial charge in [-0.1, -0.05) is 6.92 Å². The minimum atomic E-state index is -0.655. The summed E-state index contributed by atoms with van der Waals surface area (Å²) in [5, 5.41) is 11.9. The highest BCUT2D eigenvalue weighted by Gasteiger charge is 2.22. The van der Waals surface area contributed by atoms with Crippen LogP contribution in [-0.2, 0) is 0 Å². The van der Waals surface area contributed by atoms with E-state index >= 15 is 0 Å². The van der Waals surface area contributed by atoms with Gasteiger partial charge in [0.15, 0.2) is 11.6 Å². The van der Waals surface area contributed by atoms with E-state index in [2.05, 4.69) is 10.3 Å². The Hall–Kier alpha value is -1.69. The van der Waals surface area contributed by atoms with Gasteiger partial charge in [0.2, 0.25) is 0 Å². The van der Waals surface area contributed by atoms with Crippen LogP contribution in [0.3, 0.4) is 0 Å². The third kappa shape index (κ3) is 3.64. The molecule has 1 aromatic rings. The molecule has 0 fully saturated rings.